The monoisotopic (exact) mass is 514 g/mol. The SMILES string of the molecule is CC1=CC=C(n2c3ccccc3c3cc(-c4ccc5c(c4)c4ccccc4n5-c4ccc(C)cc4)ccc32)CC1. The maximum Gasteiger partial charge on any atom is 0.0541 e. The van der Waals surface area contributed by atoms with Crippen molar-refractivity contribution in [2.75, 3.05) is 0 Å². The van der Waals surface area contributed by atoms with Crippen LogP contribution in [0.4, 0.5) is 0 Å². The Labute approximate surface area is 234 Å². The molecule has 7 aromatic rings. The average Bonchev–Trinajstić information content (AvgIpc) is 3.50. The highest BCUT2D eigenvalue weighted by molar-refractivity contribution is 6.13. The molecule has 0 bridgehead atoms. The molecule has 0 fully saturated rings. The Hall–Kier alpha value is -4.82. The second kappa shape index (κ2) is 8.86. The number of hydrogen-bond acceptors (Lipinski definition) is 0. The van der Waals surface area contributed by atoms with Crippen LogP contribution in [0.3, 0.4) is 0 Å². The molecule has 1 aliphatic carbocycles. The number of fused-ring (bicyclic) bond motifs is 6. The number of allylic oxidation sites excluding steroid dienone is 4. The van der Waals surface area contributed by atoms with Crippen molar-refractivity contribution >= 4 is 49.3 Å². The van der Waals surface area contributed by atoms with E-state index in [1.807, 2.05) is 0 Å². The minimum atomic E-state index is 1.07. The van der Waals surface area contributed by atoms with Gasteiger partial charge in [-0.1, -0.05) is 77.9 Å². The van der Waals surface area contributed by atoms with Crippen molar-refractivity contribution in [3.8, 4) is 16.8 Å². The van der Waals surface area contributed by atoms with E-state index in [-0.39, 0.29) is 0 Å². The standard InChI is InChI=1S/C38H30N2/c1-25-11-17-29(18-12-25)39-35-9-5-3-7-31(35)33-23-27(15-21-37(33)39)28-16-22-38-34(24-28)32-8-4-6-10-36(32)40(38)30-19-13-26(2)14-20-30/h3-13,15-19,21-24H,14,20H2,1-2H3. The molecule has 0 saturated carbocycles. The largest absolute Gasteiger partial charge is 0.313 e. The minimum absolute atomic E-state index is 1.07. The molecule has 0 amide bonds. The van der Waals surface area contributed by atoms with Gasteiger partial charge in [-0.3, -0.25) is 0 Å². The zero-order chi connectivity index (χ0) is 26.8. The quantitative estimate of drug-likeness (QED) is 0.222. The Balaban J connectivity index is 1.33. The molecule has 2 nitrogen and oxygen atoms in total. The minimum Gasteiger partial charge on any atom is -0.313 e. The van der Waals surface area contributed by atoms with Crippen molar-refractivity contribution in [3.05, 3.63) is 132 Å². The maximum absolute atomic E-state index is 2.47. The van der Waals surface area contributed by atoms with Gasteiger partial charge in [-0.15, -0.1) is 0 Å². The van der Waals surface area contributed by atoms with Gasteiger partial charge in [0, 0.05) is 32.9 Å². The second-order valence-electron chi connectivity index (χ2n) is 11.2. The van der Waals surface area contributed by atoms with Crippen molar-refractivity contribution in [2.45, 2.75) is 26.7 Å². The summed E-state index contributed by atoms with van der Waals surface area (Å²) in [5, 5.41) is 5.18. The van der Waals surface area contributed by atoms with Crippen molar-refractivity contribution < 1.29 is 0 Å². The Morgan fingerprint density at radius 1 is 0.475 bits per heavy atom. The van der Waals surface area contributed by atoms with Gasteiger partial charge in [0.05, 0.1) is 22.1 Å². The summed E-state index contributed by atoms with van der Waals surface area (Å²) in [4.78, 5) is 0. The van der Waals surface area contributed by atoms with Crippen LogP contribution in [0.5, 0.6) is 0 Å². The first-order valence-electron chi connectivity index (χ1n) is 14.2. The Bertz CT molecular complexity index is 2160. The summed E-state index contributed by atoms with van der Waals surface area (Å²) in [6.07, 6.45) is 6.76. The van der Waals surface area contributed by atoms with Gasteiger partial charge in [0.2, 0.25) is 0 Å². The van der Waals surface area contributed by atoms with Crippen LogP contribution in [-0.4, -0.2) is 9.13 Å². The van der Waals surface area contributed by atoms with Crippen LogP contribution < -0.4 is 0 Å². The molecular formula is C38H30N2. The van der Waals surface area contributed by atoms with E-state index < -0.39 is 0 Å². The van der Waals surface area contributed by atoms with Gasteiger partial charge in [0.1, 0.15) is 0 Å². The van der Waals surface area contributed by atoms with E-state index in [0.29, 0.717) is 0 Å². The van der Waals surface area contributed by atoms with Crippen LogP contribution in [0.25, 0.3) is 66.1 Å². The molecule has 0 atom stereocenters. The zero-order valence-electron chi connectivity index (χ0n) is 22.9. The first-order chi connectivity index (χ1) is 19.7. The highest BCUT2D eigenvalue weighted by Gasteiger charge is 2.17. The molecule has 0 N–H and O–H groups in total. The molecule has 2 heteroatoms. The first kappa shape index (κ1) is 23.1. The van der Waals surface area contributed by atoms with Gasteiger partial charge in [-0.25, -0.2) is 0 Å². The van der Waals surface area contributed by atoms with Gasteiger partial charge < -0.3 is 9.13 Å². The van der Waals surface area contributed by atoms with E-state index in [1.54, 1.807) is 0 Å². The smallest absolute Gasteiger partial charge is 0.0541 e. The summed E-state index contributed by atoms with van der Waals surface area (Å²) in [5.74, 6) is 0. The number of para-hydroxylation sites is 2. The maximum atomic E-state index is 2.47. The predicted octanol–water partition coefficient (Wildman–Crippen LogP) is 10.4. The Morgan fingerprint density at radius 2 is 1.02 bits per heavy atom. The van der Waals surface area contributed by atoms with Crippen molar-refractivity contribution in [1.29, 1.82) is 0 Å². The van der Waals surface area contributed by atoms with Crippen LogP contribution in [0, 0.1) is 6.92 Å². The molecule has 0 spiro atoms. The van der Waals surface area contributed by atoms with E-state index >= 15 is 0 Å². The van der Waals surface area contributed by atoms with E-state index in [4.69, 9.17) is 0 Å². The third-order valence-corrected chi connectivity index (χ3v) is 8.59. The zero-order valence-corrected chi connectivity index (χ0v) is 22.9. The van der Waals surface area contributed by atoms with Gasteiger partial charge in [0.25, 0.3) is 0 Å². The fourth-order valence-electron chi connectivity index (χ4n) is 6.50. The molecular weight excluding hydrogens is 484 g/mol. The molecule has 1 aliphatic rings. The van der Waals surface area contributed by atoms with Crippen molar-refractivity contribution in [2.24, 2.45) is 0 Å². The number of nitrogens with zero attached hydrogens (tertiary/aromatic N) is 2. The molecule has 40 heavy (non-hydrogen) atoms. The van der Waals surface area contributed by atoms with Gasteiger partial charge in [-0.2, -0.15) is 0 Å². The summed E-state index contributed by atoms with van der Waals surface area (Å²) >= 11 is 0. The summed E-state index contributed by atoms with van der Waals surface area (Å²) < 4.78 is 4.86. The lowest BCUT2D eigenvalue weighted by atomic mass is 10.0. The lowest BCUT2D eigenvalue weighted by molar-refractivity contribution is 0.927. The molecule has 0 aliphatic heterocycles. The van der Waals surface area contributed by atoms with E-state index in [2.05, 4.69) is 144 Å². The number of aromatic nitrogens is 2. The molecule has 2 heterocycles. The Morgan fingerprint density at radius 3 is 1.62 bits per heavy atom. The Kier molecular flexibility index (Phi) is 5.12. The molecule has 5 aromatic carbocycles. The normalized spacial score (nSPS) is 13.8. The van der Waals surface area contributed by atoms with E-state index in [1.165, 1.54) is 77.3 Å². The topological polar surface area (TPSA) is 9.86 Å². The highest BCUT2D eigenvalue weighted by atomic mass is 15.0. The summed E-state index contributed by atoms with van der Waals surface area (Å²) in [5.41, 5.74) is 12.8. The fourth-order valence-corrected chi connectivity index (χ4v) is 6.50. The number of benzene rings is 5. The molecule has 2 aromatic heterocycles. The fraction of sp³-hybridized carbons (Fsp3) is 0.105. The molecule has 0 unspecified atom stereocenters. The van der Waals surface area contributed by atoms with E-state index in [0.717, 1.165) is 12.8 Å². The third-order valence-electron chi connectivity index (χ3n) is 8.59. The van der Waals surface area contributed by atoms with E-state index in [9.17, 15) is 0 Å². The lowest BCUT2D eigenvalue weighted by Gasteiger charge is -2.16. The predicted molar refractivity (Wildman–Crippen MR) is 171 cm³/mol. The van der Waals surface area contributed by atoms with Gasteiger partial charge in [0.15, 0.2) is 0 Å². The second-order valence-corrected chi connectivity index (χ2v) is 11.2. The van der Waals surface area contributed by atoms with Crippen molar-refractivity contribution in [3.63, 3.8) is 0 Å². The van der Waals surface area contributed by atoms with Gasteiger partial charge in [-0.05, 0) is 92.4 Å². The molecule has 192 valence electrons. The number of rotatable bonds is 3. The molecule has 0 saturated heterocycles. The first-order valence-corrected chi connectivity index (χ1v) is 14.2. The van der Waals surface area contributed by atoms with Crippen LogP contribution in [0.15, 0.2) is 127 Å². The van der Waals surface area contributed by atoms with Crippen LogP contribution in [0.1, 0.15) is 25.3 Å². The lowest BCUT2D eigenvalue weighted by Crippen LogP contribution is -2.00. The number of hydrogen-bond donors (Lipinski definition) is 0. The average molecular weight is 515 g/mol. The third kappa shape index (κ3) is 3.49. The molecule has 8 rings (SSSR count). The summed E-state index contributed by atoms with van der Waals surface area (Å²) in [7, 11) is 0. The van der Waals surface area contributed by atoms with Crippen LogP contribution >= 0.6 is 0 Å². The van der Waals surface area contributed by atoms with Gasteiger partial charge >= 0.3 is 0 Å². The van der Waals surface area contributed by atoms with Crippen LogP contribution in [-0.2, 0) is 0 Å². The summed E-state index contributed by atoms with van der Waals surface area (Å²) in [6.45, 7) is 4.36. The van der Waals surface area contributed by atoms with Crippen LogP contribution in [0.2, 0.25) is 0 Å². The molecule has 0 radical (unpaired) electrons. The highest BCUT2D eigenvalue weighted by Crippen LogP contribution is 2.39. The van der Waals surface area contributed by atoms with Crippen molar-refractivity contribution in [1.82, 2.24) is 9.13 Å². The summed E-state index contributed by atoms with van der Waals surface area (Å²) in [6, 6.07) is 40.4. The number of aryl methyl sites for hydroxylation is 1.